The largest absolute Gasteiger partial charge is 0.468 e. The summed E-state index contributed by atoms with van der Waals surface area (Å²) in [6.07, 6.45) is 4.27. The Morgan fingerprint density at radius 3 is 2.53 bits per heavy atom. The van der Waals surface area contributed by atoms with Gasteiger partial charge in [0.1, 0.15) is 5.76 Å². The highest BCUT2D eigenvalue weighted by molar-refractivity contribution is 14.0. The number of halogens is 1. The summed E-state index contributed by atoms with van der Waals surface area (Å²) in [4.78, 5) is 9.36. The van der Waals surface area contributed by atoms with Crippen LogP contribution in [0.5, 0.6) is 0 Å². The molecule has 2 saturated heterocycles. The van der Waals surface area contributed by atoms with Gasteiger partial charge in [-0.25, -0.2) is 0 Å². The smallest absolute Gasteiger partial charge is 0.191 e. The summed E-state index contributed by atoms with van der Waals surface area (Å²) in [6, 6.07) is 13.1. The summed E-state index contributed by atoms with van der Waals surface area (Å²) in [5.41, 5.74) is 2.60. The number of ether oxygens (including phenoxy) is 1. The van der Waals surface area contributed by atoms with Crippen LogP contribution < -0.4 is 10.6 Å². The number of likely N-dealkylation sites (tertiary alicyclic amines) is 1. The standard InChI is InChI=1S/C24H35N5O2.HI/c1-25-24(27-18-22(23-8-5-13-31-23)29-9-2-3-10-29)26-17-20-6-4-7-21(16-20)19-28-11-14-30-15-12-28;/h4-8,13,16,22H,2-3,9-12,14-15,17-19H2,1H3,(H2,25,26,27);1H. The molecule has 0 bridgehead atoms. The molecule has 4 rings (SSSR count). The van der Waals surface area contributed by atoms with E-state index in [1.807, 2.05) is 13.1 Å². The lowest BCUT2D eigenvalue weighted by molar-refractivity contribution is 0.0342. The van der Waals surface area contributed by atoms with Crippen molar-refractivity contribution in [2.45, 2.75) is 32.0 Å². The fraction of sp³-hybridized carbons (Fsp3) is 0.542. The molecule has 176 valence electrons. The number of nitrogens with zero attached hydrogens (tertiary/aromatic N) is 3. The normalized spacial score (nSPS) is 18.8. The van der Waals surface area contributed by atoms with Crippen LogP contribution in [-0.2, 0) is 17.8 Å². The van der Waals surface area contributed by atoms with Gasteiger partial charge < -0.3 is 19.8 Å². The summed E-state index contributed by atoms with van der Waals surface area (Å²) in [5, 5.41) is 6.96. The minimum atomic E-state index is 0. The van der Waals surface area contributed by atoms with Gasteiger partial charge >= 0.3 is 0 Å². The molecule has 2 fully saturated rings. The molecule has 2 aromatic rings. The van der Waals surface area contributed by atoms with Crippen LogP contribution in [0.3, 0.4) is 0 Å². The number of morpholine rings is 1. The lowest BCUT2D eigenvalue weighted by Gasteiger charge is -2.27. The Balaban J connectivity index is 0.00000289. The summed E-state index contributed by atoms with van der Waals surface area (Å²) < 4.78 is 11.2. The maximum absolute atomic E-state index is 5.73. The molecule has 7 nitrogen and oxygen atoms in total. The second kappa shape index (κ2) is 13.2. The number of nitrogens with one attached hydrogen (secondary N) is 2. The molecule has 1 aromatic heterocycles. The molecule has 2 aliphatic rings. The molecule has 2 N–H and O–H groups in total. The van der Waals surface area contributed by atoms with Crippen LogP contribution in [-0.4, -0.2) is 68.7 Å². The fourth-order valence-electron chi connectivity index (χ4n) is 4.40. The van der Waals surface area contributed by atoms with Gasteiger partial charge in [-0.05, 0) is 49.2 Å². The van der Waals surface area contributed by atoms with E-state index >= 15 is 0 Å². The zero-order valence-electron chi connectivity index (χ0n) is 19.0. The van der Waals surface area contributed by atoms with Crippen LogP contribution in [0.25, 0.3) is 0 Å². The summed E-state index contributed by atoms with van der Waals surface area (Å²) in [5.74, 6) is 1.83. The first-order valence-electron chi connectivity index (χ1n) is 11.4. The van der Waals surface area contributed by atoms with Crippen molar-refractivity contribution in [3.63, 3.8) is 0 Å². The van der Waals surface area contributed by atoms with Gasteiger partial charge in [0, 0.05) is 39.8 Å². The van der Waals surface area contributed by atoms with E-state index in [1.165, 1.54) is 24.0 Å². The second-order valence-electron chi connectivity index (χ2n) is 8.29. The molecular weight excluding hydrogens is 517 g/mol. The first-order valence-corrected chi connectivity index (χ1v) is 11.4. The SMILES string of the molecule is CN=C(NCc1cccc(CN2CCOCC2)c1)NCC(c1ccco1)N1CCCC1.I. The van der Waals surface area contributed by atoms with Crippen molar-refractivity contribution >= 4 is 29.9 Å². The minimum absolute atomic E-state index is 0. The fourth-order valence-corrected chi connectivity index (χ4v) is 4.40. The van der Waals surface area contributed by atoms with Gasteiger partial charge in [-0.1, -0.05) is 24.3 Å². The Morgan fingerprint density at radius 2 is 1.81 bits per heavy atom. The molecule has 3 heterocycles. The van der Waals surface area contributed by atoms with Crippen LogP contribution in [0.15, 0.2) is 52.1 Å². The molecule has 0 amide bonds. The van der Waals surface area contributed by atoms with Gasteiger partial charge in [-0.2, -0.15) is 0 Å². The van der Waals surface area contributed by atoms with Gasteiger partial charge in [-0.15, -0.1) is 24.0 Å². The predicted molar refractivity (Wildman–Crippen MR) is 138 cm³/mol. The highest BCUT2D eigenvalue weighted by atomic mass is 127. The lowest BCUT2D eigenvalue weighted by Crippen LogP contribution is -2.42. The number of aliphatic imine (C=N–C) groups is 1. The Hall–Kier alpha value is -1.62. The molecule has 1 unspecified atom stereocenters. The molecule has 8 heteroatoms. The van der Waals surface area contributed by atoms with E-state index < -0.39 is 0 Å². The van der Waals surface area contributed by atoms with Crippen LogP contribution >= 0.6 is 24.0 Å². The lowest BCUT2D eigenvalue weighted by atomic mass is 10.1. The van der Waals surface area contributed by atoms with Gasteiger partial charge in [-0.3, -0.25) is 14.8 Å². The third-order valence-corrected chi connectivity index (χ3v) is 6.10. The maximum atomic E-state index is 5.73. The molecule has 0 spiro atoms. The van der Waals surface area contributed by atoms with E-state index in [-0.39, 0.29) is 30.0 Å². The Bertz CT molecular complexity index is 818. The zero-order chi connectivity index (χ0) is 21.3. The number of hydrogen-bond acceptors (Lipinski definition) is 5. The van der Waals surface area contributed by atoms with Crippen LogP contribution in [0.1, 0.15) is 35.8 Å². The van der Waals surface area contributed by atoms with Gasteiger partial charge in [0.25, 0.3) is 0 Å². The Morgan fingerprint density at radius 1 is 1.03 bits per heavy atom. The molecule has 1 atom stereocenters. The van der Waals surface area contributed by atoms with E-state index in [0.717, 1.165) is 70.7 Å². The van der Waals surface area contributed by atoms with E-state index in [4.69, 9.17) is 9.15 Å². The Kier molecular flexibility index (Phi) is 10.3. The van der Waals surface area contributed by atoms with Crippen molar-refractivity contribution in [2.75, 3.05) is 53.0 Å². The average molecular weight is 553 g/mol. The minimum Gasteiger partial charge on any atom is -0.468 e. The van der Waals surface area contributed by atoms with Crippen LogP contribution in [0, 0.1) is 0 Å². The van der Waals surface area contributed by atoms with E-state index in [1.54, 1.807) is 6.26 Å². The monoisotopic (exact) mass is 553 g/mol. The van der Waals surface area contributed by atoms with Crippen molar-refractivity contribution in [1.29, 1.82) is 0 Å². The molecule has 0 radical (unpaired) electrons. The third-order valence-electron chi connectivity index (χ3n) is 6.10. The zero-order valence-corrected chi connectivity index (χ0v) is 21.3. The molecule has 2 aliphatic heterocycles. The third kappa shape index (κ3) is 7.19. The number of benzene rings is 1. The molecule has 0 saturated carbocycles. The van der Waals surface area contributed by atoms with Crippen LogP contribution in [0.2, 0.25) is 0 Å². The van der Waals surface area contributed by atoms with Gasteiger partial charge in [0.05, 0.1) is 25.5 Å². The van der Waals surface area contributed by atoms with Crippen molar-refractivity contribution < 1.29 is 9.15 Å². The molecule has 0 aliphatic carbocycles. The molecule has 32 heavy (non-hydrogen) atoms. The average Bonchev–Trinajstić information content (AvgIpc) is 3.52. The summed E-state index contributed by atoms with van der Waals surface area (Å²) in [7, 11) is 1.82. The quantitative estimate of drug-likeness (QED) is 0.298. The first kappa shape index (κ1) is 25.0. The summed E-state index contributed by atoms with van der Waals surface area (Å²) in [6.45, 7) is 8.41. The van der Waals surface area contributed by atoms with Crippen molar-refractivity contribution in [1.82, 2.24) is 20.4 Å². The van der Waals surface area contributed by atoms with Gasteiger partial charge in [0.2, 0.25) is 0 Å². The van der Waals surface area contributed by atoms with Crippen molar-refractivity contribution in [3.05, 3.63) is 59.5 Å². The number of hydrogen-bond donors (Lipinski definition) is 2. The maximum Gasteiger partial charge on any atom is 0.191 e. The molecule has 1 aromatic carbocycles. The Labute approximate surface area is 208 Å². The number of furan rings is 1. The summed E-state index contributed by atoms with van der Waals surface area (Å²) >= 11 is 0. The van der Waals surface area contributed by atoms with E-state index in [0.29, 0.717) is 0 Å². The highest BCUT2D eigenvalue weighted by Crippen LogP contribution is 2.24. The van der Waals surface area contributed by atoms with Crippen LogP contribution in [0.4, 0.5) is 0 Å². The van der Waals surface area contributed by atoms with E-state index in [9.17, 15) is 0 Å². The highest BCUT2D eigenvalue weighted by Gasteiger charge is 2.25. The first-order chi connectivity index (χ1) is 15.3. The number of guanidine groups is 1. The second-order valence-corrected chi connectivity index (χ2v) is 8.29. The number of rotatable bonds is 8. The van der Waals surface area contributed by atoms with Crippen molar-refractivity contribution in [2.24, 2.45) is 4.99 Å². The van der Waals surface area contributed by atoms with E-state index in [2.05, 4.69) is 55.8 Å². The topological polar surface area (TPSA) is 65.3 Å². The molecular formula is C24H36IN5O2. The predicted octanol–water partition coefficient (Wildman–Crippen LogP) is 3.23. The van der Waals surface area contributed by atoms with Gasteiger partial charge in [0.15, 0.2) is 5.96 Å². The van der Waals surface area contributed by atoms with Crippen molar-refractivity contribution in [3.8, 4) is 0 Å².